The predicted octanol–water partition coefficient (Wildman–Crippen LogP) is 2.88. The standard InChI is InChI=1S/C13H16N4OS/c1-3-5-6-11(4-2)19-17-12-9-10(7-8-15-12)13(14)16-18/h3-9,18H,1H2,2H3,(H2,14,16)(H,15,17)/b6-5-,11-4+. The van der Waals surface area contributed by atoms with E-state index < -0.39 is 0 Å². The predicted molar refractivity (Wildman–Crippen MR) is 81.1 cm³/mol. The molecule has 100 valence electrons. The molecule has 4 N–H and O–H groups in total. The Morgan fingerprint density at radius 2 is 2.42 bits per heavy atom. The molecule has 0 aliphatic carbocycles. The third kappa shape index (κ3) is 4.89. The third-order valence-electron chi connectivity index (χ3n) is 2.12. The maximum Gasteiger partial charge on any atom is 0.170 e. The Labute approximate surface area is 116 Å². The van der Waals surface area contributed by atoms with E-state index in [1.54, 1.807) is 24.4 Å². The highest BCUT2D eigenvalue weighted by molar-refractivity contribution is 8.04. The number of anilines is 1. The number of hydrogen-bond donors (Lipinski definition) is 3. The zero-order valence-electron chi connectivity index (χ0n) is 10.6. The van der Waals surface area contributed by atoms with E-state index in [1.807, 2.05) is 25.2 Å². The first-order valence-corrected chi connectivity index (χ1v) is 6.35. The maximum absolute atomic E-state index is 8.62. The molecule has 1 rings (SSSR count). The summed E-state index contributed by atoms with van der Waals surface area (Å²) < 4.78 is 3.08. The first-order valence-electron chi connectivity index (χ1n) is 5.53. The van der Waals surface area contributed by atoms with Crippen molar-refractivity contribution in [3.05, 3.63) is 59.7 Å². The van der Waals surface area contributed by atoms with Gasteiger partial charge in [0.2, 0.25) is 0 Å². The minimum Gasteiger partial charge on any atom is -0.409 e. The number of nitrogens with zero attached hydrogens (tertiary/aromatic N) is 2. The number of nitrogens with one attached hydrogen (secondary N) is 1. The van der Waals surface area contributed by atoms with Crippen molar-refractivity contribution >= 4 is 23.6 Å². The van der Waals surface area contributed by atoms with E-state index >= 15 is 0 Å². The quantitative estimate of drug-likeness (QED) is 0.186. The second-order valence-corrected chi connectivity index (χ2v) is 4.28. The molecule has 0 amide bonds. The fourth-order valence-electron chi connectivity index (χ4n) is 1.17. The van der Waals surface area contributed by atoms with Crippen LogP contribution < -0.4 is 10.5 Å². The maximum atomic E-state index is 8.62. The first kappa shape index (κ1) is 14.8. The summed E-state index contributed by atoms with van der Waals surface area (Å²) >= 11 is 1.41. The number of hydrogen-bond acceptors (Lipinski definition) is 5. The fourth-order valence-corrected chi connectivity index (χ4v) is 1.77. The highest BCUT2D eigenvalue weighted by atomic mass is 32.2. The van der Waals surface area contributed by atoms with Crippen molar-refractivity contribution in [2.75, 3.05) is 4.72 Å². The molecule has 5 nitrogen and oxygen atoms in total. The molecule has 0 saturated carbocycles. The summed E-state index contributed by atoms with van der Waals surface area (Å²) in [6.07, 6.45) is 9.04. The molecular formula is C13H16N4OS. The Morgan fingerprint density at radius 1 is 1.63 bits per heavy atom. The van der Waals surface area contributed by atoms with Gasteiger partial charge in [-0.2, -0.15) is 0 Å². The summed E-state index contributed by atoms with van der Waals surface area (Å²) in [5.41, 5.74) is 6.12. The van der Waals surface area contributed by atoms with Crippen LogP contribution in [-0.2, 0) is 0 Å². The molecule has 0 fully saturated rings. The van der Waals surface area contributed by atoms with Crippen LogP contribution in [0.5, 0.6) is 0 Å². The minimum atomic E-state index is 0.0493. The van der Waals surface area contributed by atoms with Gasteiger partial charge in [-0.1, -0.05) is 30.0 Å². The van der Waals surface area contributed by atoms with Gasteiger partial charge < -0.3 is 15.7 Å². The summed E-state index contributed by atoms with van der Waals surface area (Å²) in [7, 11) is 0. The first-order chi connectivity index (χ1) is 9.21. The van der Waals surface area contributed by atoms with Crippen LogP contribution >= 0.6 is 11.9 Å². The average molecular weight is 276 g/mol. The molecule has 1 aromatic heterocycles. The molecule has 0 spiro atoms. The van der Waals surface area contributed by atoms with Crippen LogP contribution in [0.1, 0.15) is 12.5 Å². The van der Waals surface area contributed by atoms with Crippen molar-refractivity contribution < 1.29 is 5.21 Å². The van der Waals surface area contributed by atoms with E-state index in [4.69, 9.17) is 10.9 Å². The Kier molecular flexibility index (Phi) is 6.25. The Bertz CT molecular complexity index is 523. The molecule has 0 radical (unpaired) electrons. The van der Waals surface area contributed by atoms with Crippen LogP contribution in [-0.4, -0.2) is 16.0 Å². The normalized spacial score (nSPS) is 12.7. The lowest BCUT2D eigenvalue weighted by Gasteiger charge is -2.06. The SMILES string of the molecule is C=C/C=C\C(=C/C)SNc1cc(/C(N)=N/O)ccn1. The van der Waals surface area contributed by atoms with E-state index in [-0.39, 0.29) is 5.84 Å². The van der Waals surface area contributed by atoms with E-state index in [9.17, 15) is 0 Å². The van der Waals surface area contributed by atoms with Crippen molar-refractivity contribution in [2.45, 2.75) is 6.92 Å². The summed E-state index contributed by atoms with van der Waals surface area (Å²) in [5.74, 6) is 0.675. The summed E-state index contributed by atoms with van der Waals surface area (Å²) in [4.78, 5) is 5.17. The number of aromatic nitrogens is 1. The van der Waals surface area contributed by atoms with Gasteiger partial charge in [0.15, 0.2) is 5.84 Å². The summed E-state index contributed by atoms with van der Waals surface area (Å²) in [5, 5.41) is 11.6. The van der Waals surface area contributed by atoms with Crippen LogP contribution in [0, 0.1) is 0 Å². The molecule has 6 heteroatoms. The van der Waals surface area contributed by atoms with Crippen molar-refractivity contribution in [1.82, 2.24) is 4.98 Å². The van der Waals surface area contributed by atoms with Crippen LogP contribution in [0.4, 0.5) is 5.82 Å². The third-order valence-corrected chi connectivity index (χ3v) is 3.04. The van der Waals surface area contributed by atoms with Crippen molar-refractivity contribution in [3.63, 3.8) is 0 Å². The monoisotopic (exact) mass is 276 g/mol. The van der Waals surface area contributed by atoms with E-state index in [1.165, 1.54) is 11.9 Å². The smallest absolute Gasteiger partial charge is 0.170 e. The summed E-state index contributed by atoms with van der Waals surface area (Å²) in [6, 6.07) is 3.37. The van der Waals surface area contributed by atoms with Gasteiger partial charge in [0, 0.05) is 16.7 Å². The molecule has 0 atom stereocenters. The van der Waals surface area contributed by atoms with Gasteiger partial charge in [0.25, 0.3) is 0 Å². The van der Waals surface area contributed by atoms with Crippen molar-refractivity contribution in [3.8, 4) is 0 Å². The topological polar surface area (TPSA) is 83.5 Å². The van der Waals surface area contributed by atoms with Crippen LogP contribution in [0.25, 0.3) is 0 Å². The van der Waals surface area contributed by atoms with Crippen LogP contribution in [0.2, 0.25) is 0 Å². The molecule has 19 heavy (non-hydrogen) atoms. The molecule has 1 aromatic rings. The molecule has 0 bridgehead atoms. The van der Waals surface area contributed by atoms with Gasteiger partial charge in [0.1, 0.15) is 5.82 Å². The molecule has 1 heterocycles. The van der Waals surface area contributed by atoms with E-state index in [0.29, 0.717) is 11.4 Å². The Balaban J connectivity index is 2.73. The van der Waals surface area contributed by atoms with Crippen LogP contribution in [0.15, 0.2) is 59.3 Å². The van der Waals surface area contributed by atoms with Gasteiger partial charge in [-0.15, -0.1) is 0 Å². The number of allylic oxidation sites excluding steroid dienone is 4. The largest absolute Gasteiger partial charge is 0.409 e. The second kappa shape index (κ2) is 7.99. The molecule has 0 aromatic carbocycles. The number of oxime groups is 1. The van der Waals surface area contributed by atoms with E-state index in [0.717, 1.165) is 4.91 Å². The van der Waals surface area contributed by atoms with Gasteiger partial charge in [-0.25, -0.2) is 4.98 Å². The lowest BCUT2D eigenvalue weighted by molar-refractivity contribution is 0.318. The Morgan fingerprint density at radius 3 is 3.05 bits per heavy atom. The van der Waals surface area contributed by atoms with Crippen LogP contribution in [0.3, 0.4) is 0 Å². The zero-order valence-corrected chi connectivity index (χ0v) is 11.4. The number of nitrogens with two attached hydrogens (primary N) is 1. The Hall–Kier alpha value is -2.21. The fraction of sp³-hybridized carbons (Fsp3) is 0.0769. The zero-order chi connectivity index (χ0) is 14.1. The molecule has 0 aliphatic heterocycles. The number of rotatable bonds is 6. The average Bonchev–Trinajstić information content (AvgIpc) is 2.47. The van der Waals surface area contributed by atoms with Crippen molar-refractivity contribution in [1.29, 1.82) is 0 Å². The molecular weight excluding hydrogens is 260 g/mol. The number of amidine groups is 1. The van der Waals surface area contributed by atoms with Gasteiger partial charge in [-0.05, 0) is 37.1 Å². The lowest BCUT2D eigenvalue weighted by Crippen LogP contribution is -2.13. The lowest BCUT2D eigenvalue weighted by atomic mass is 10.2. The van der Waals surface area contributed by atoms with Gasteiger partial charge >= 0.3 is 0 Å². The molecule has 0 aliphatic rings. The number of pyridine rings is 1. The highest BCUT2D eigenvalue weighted by Gasteiger charge is 2.02. The summed E-state index contributed by atoms with van der Waals surface area (Å²) in [6.45, 7) is 5.56. The van der Waals surface area contributed by atoms with E-state index in [2.05, 4.69) is 21.4 Å². The second-order valence-electron chi connectivity index (χ2n) is 3.40. The molecule has 0 unspecified atom stereocenters. The van der Waals surface area contributed by atoms with Crippen molar-refractivity contribution in [2.24, 2.45) is 10.9 Å². The van der Waals surface area contributed by atoms with Gasteiger partial charge in [-0.3, -0.25) is 0 Å². The highest BCUT2D eigenvalue weighted by Crippen LogP contribution is 2.19. The van der Waals surface area contributed by atoms with Gasteiger partial charge in [0.05, 0.1) is 0 Å². The minimum absolute atomic E-state index is 0.0493. The molecule has 0 saturated heterocycles.